The van der Waals surface area contributed by atoms with Crippen molar-refractivity contribution in [3.63, 3.8) is 0 Å². The minimum absolute atomic E-state index is 0.0562. The number of carbonyl (C=O) groups excluding carboxylic acids is 4. The molecule has 1 saturated heterocycles. The molecule has 1 aromatic heterocycles. The quantitative estimate of drug-likeness (QED) is 0.116. The zero-order valence-electron chi connectivity index (χ0n) is 24.6. The second-order valence-electron chi connectivity index (χ2n) is 10.6. The SMILES string of the molecule is O=C(COC(=O)c1ccc(N2C(=O)CC(Sc3nncc(-c4ccc5c(c4)OCO5)n3)C2=O)cc1)c1ccc(-c2ccccc2)cc1. The first kappa shape index (κ1) is 29.8. The molecule has 232 valence electrons. The molecule has 0 aliphatic carbocycles. The van der Waals surface area contributed by atoms with Gasteiger partial charge >= 0.3 is 5.97 Å². The number of amides is 2. The number of fused-ring (bicyclic) bond motifs is 1. The summed E-state index contributed by atoms with van der Waals surface area (Å²) in [6.45, 7) is -0.282. The van der Waals surface area contributed by atoms with Crippen LogP contribution in [0.25, 0.3) is 22.4 Å². The highest BCUT2D eigenvalue weighted by Crippen LogP contribution is 2.37. The molecule has 12 heteroatoms. The highest BCUT2D eigenvalue weighted by atomic mass is 32.2. The highest BCUT2D eigenvalue weighted by molar-refractivity contribution is 8.00. The third-order valence-electron chi connectivity index (χ3n) is 7.57. The molecule has 2 amide bonds. The van der Waals surface area contributed by atoms with Crippen molar-refractivity contribution in [2.24, 2.45) is 0 Å². The fraction of sp³-hybridized carbons (Fsp3) is 0.114. The van der Waals surface area contributed by atoms with Gasteiger partial charge in [-0.05, 0) is 53.6 Å². The van der Waals surface area contributed by atoms with Gasteiger partial charge in [-0.15, -0.1) is 5.10 Å². The van der Waals surface area contributed by atoms with E-state index in [9.17, 15) is 19.2 Å². The molecular formula is C35H24N4O7S. The van der Waals surface area contributed by atoms with Crippen molar-refractivity contribution < 1.29 is 33.4 Å². The molecule has 1 atom stereocenters. The lowest BCUT2D eigenvalue weighted by Gasteiger charge is -2.15. The van der Waals surface area contributed by atoms with E-state index < -0.39 is 29.6 Å². The maximum absolute atomic E-state index is 13.3. The van der Waals surface area contributed by atoms with Crippen LogP contribution in [0.15, 0.2) is 108 Å². The zero-order valence-corrected chi connectivity index (χ0v) is 25.4. The van der Waals surface area contributed by atoms with Crippen molar-refractivity contribution in [3.05, 3.63) is 114 Å². The van der Waals surface area contributed by atoms with Crippen LogP contribution in [0.2, 0.25) is 0 Å². The van der Waals surface area contributed by atoms with Crippen LogP contribution in [0.4, 0.5) is 5.69 Å². The Hall–Kier alpha value is -5.88. The second kappa shape index (κ2) is 12.9. The fourth-order valence-electron chi connectivity index (χ4n) is 5.15. The molecule has 5 aromatic rings. The number of benzene rings is 4. The van der Waals surface area contributed by atoms with Crippen LogP contribution in [0.3, 0.4) is 0 Å². The van der Waals surface area contributed by atoms with Crippen molar-refractivity contribution in [1.29, 1.82) is 0 Å². The van der Waals surface area contributed by atoms with E-state index in [0.717, 1.165) is 33.4 Å². The molecule has 4 aromatic carbocycles. The Kier molecular flexibility index (Phi) is 8.15. The molecule has 0 spiro atoms. The van der Waals surface area contributed by atoms with Gasteiger partial charge in [0.1, 0.15) is 5.25 Å². The van der Waals surface area contributed by atoms with E-state index in [1.807, 2.05) is 48.5 Å². The number of thioether (sulfide) groups is 1. The molecule has 0 saturated carbocycles. The van der Waals surface area contributed by atoms with Gasteiger partial charge in [0.25, 0.3) is 0 Å². The summed E-state index contributed by atoms with van der Waals surface area (Å²) in [5.41, 5.74) is 4.17. The number of aromatic nitrogens is 3. The first-order valence-electron chi connectivity index (χ1n) is 14.5. The molecule has 7 rings (SSSR count). The number of rotatable bonds is 9. The Bertz CT molecular complexity index is 2000. The average Bonchev–Trinajstić information content (AvgIpc) is 3.70. The van der Waals surface area contributed by atoms with Gasteiger partial charge < -0.3 is 14.2 Å². The molecule has 47 heavy (non-hydrogen) atoms. The molecule has 1 fully saturated rings. The van der Waals surface area contributed by atoms with Crippen molar-refractivity contribution >= 4 is 41.0 Å². The number of imide groups is 1. The minimum Gasteiger partial charge on any atom is -0.454 e. The van der Waals surface area contributed by atoms with Crippen LogP contribution in [0.1, 0.15) is 27.1 Å². The van der Waals surface area contributed by atoms with Crippen LogP contribution in [-0.2, 0) is 14.3 Å². The zero-order chi connectivity index (χ0) is 32.3. The summed E-state index contributed by atoms with van der Waals surface area (Å²) >= 11 is 1.05. The van der Waals surface area contributed by atoms with E-state index in [0.29, 0.717) is 28.4 Å². The van der Waals surface area contributed by atoms with E-state index in [-0.39, 0.29) is 29.7 Å². The number of ketones is 1. The van der Waals surface area contributed by atoms with E-state index in [4.69, 9.17) is 14.2 Å². The van der Waals surface area contributed by atoms with Crippen LogP contribution < -0.4 is 14.4 Å². The summed E-state index contributed by atoms with van der Waals surface area (Å²) in [4.78, 5) is 57.1. The smallest absolute Gasteiger partial charge is 0.338 e. The number of carbonyl (C=O) groups is 4. The van der Waals surface area contributed by atoms with Crippen molar-refractivity contribution in [1.82, 2.24) is 15.2 Å². The van der Waals surface area contributed by atoms with Crippen LogP contribution in [0.5, 0.6) is 11.5 Å². The molecular weight excluding hydrogens is 620 g/mol. The number of Topliss-reactive ketones (excluding diaryl/α,β-unsaturated/α-hetero) is 1. The van der Waals surface area contributed by atoms with Gasteiger partial charge in [-0.2, -0.15) is 5.10 Å². The van der Waals surface area contributed by atoms with Crippen LogP contribution >= 0.6 is 11.8 Å². The van der Waals surface area contributed by atoms with Gasteiger partial charge in [0, 0.05) is 17.5 Å². The molecule has 11 nitrogen and oxygen atoms in total. The average molecular weight is 645 g/mol. The van der Waals surface area contributed by atoms with E-state index in [1.165, 1.54) is 30.5 Å². The van der Waals surface area contributed by atoms with E-state index in [1.54, 1.807) is 24.3 Å². The molecule has 0 bridgehead atoms. The minimum atomic E-state index is -0.756. The first-order chi connectivity index (χ1) is 22.9. The molecule has 3 heterocycles. The topological polar surface area (TPSA) is 138 Å². The summed E-state index contributed by atoms with van der Waals surface area (Å²) in [6.07, 6.45) is 1.45. The van der Waals surface area contributed by atoms with Crippen molar-refractivity contribution in [2.45, 2.75) is 16.8 Å². The molecule has 1 unspecified atom stereocenters. The number of nitrogens with zero attached hydrogens (tertiary/aromatic N) is 4. The number of esters is 1. The van der Waals surface area contributed by atoms with Gasteiger partial charge in [0.05, 0.1) is 23.1 Å². The summed E-state index contributed by atoms with van der Waals surface area (Å²) < 4.78 is 16.0. The maximum Gasteiger partial charge on any atom is 0.338 e. The Labute approximate surface area is 272 Å². The largest absolute Gasteiger partial charge is 0.454 e. The summed E-state index contributed by atoms with van der Waals surface area (Å²) in [6, 6.07) is 28.1. The number of hydrogen-bond acceptors (Lipinski definition) is 11. The molecule has 0 N–H and O–H groups in total. The number of hydrogen-bond donors (Lipinski definition) is 0. The first-order valence-corrected chi connectivity index (χ1v) is 15.4. The summed E-state index contributed by atoms with van der Waals surface area (Å²) in [5.74, 6) is -0.637. The lowest BCUT2D eigenvalue weighted by Crippen LogP contribution is -2.31. The predicted molar refractivity (Wildman–Crippen MR) is 171 cm³/mol. The van der Waals surface area contributed by atoms with E-state index >= 15 is 0 Å². The van der Waals surface area contributed by atoms with Gasteiger partial charge in [-0.25, -0.2) is 14.7 Å². The molecule has 2 aliphatic heterocycles. The summed E-state index contributed by atoms with van der Waals surface area (Å²) in [5, 5.41) is 7.55. The van der Waals surface area contributed by atoms with Gasteiger partial charge in [-0.3, -0.25) is 14.4 Å². The maximum atomic E-state index is 13.3. The highest BCUT2D eigenvalue weighted by Gasteiger charge is 2.41. The third-order valence-corrected chi connectivity index (χ3v) is 8.61. The molecule has 0 radical (unpaired) electrons. The lowest BCUT2D eigenvalue weighted by molar-refractivity contribution is -0.121. The van der Waals surface area contributed by atoms with Crippen LogP contribution in [-0.4, -0.2) is 57.4 Å². The predicted octanol–water partition coefficient (Wildman–Crippen LogP) is 5.40. The Morgan fingerprint density at radius 2 is 1.53 bits per heavy atom. The normalized spacial score (nSPS) is 15.1. The lowest BCUT2D eigenvalue weighted by atomic mass is 10.0. The van der Waals surface area contributed by atoms with E-state index in [2.05, 4.69) is 15.2 Å². The third kappa shape index (κ3) is 6.31. The monoisotopic (exact) mass is 644 g/mol. The number of ether oxygens (including phenoxy) is 3. The van der Waals surface area contributed by atoms with Crippen molar-refractivity contribution in [2.75, 3.05) is 18.3 Å². The van der Waals surface area contributed by atoms with Gasteiger partial charge in [-0.1, -0.05) is 66.4 Å². The summed E-state index contributed by atoms with van der Waals surface area (Å²) in [7, 11) is 0. The standard InChI is InChI=1S/C35H24N4O7S/c40-28(23-8-6-22(7-9-23)21-4-2-1-3-5-21)19-44-34(43)24-10-13-26(14-11-24)39-32(41)17-31(33(39)42)47-35-37-27(18-36-38-35)25-12-15-29-30(16-25)46-20-45-29/h1-16,18,31H,17,19-20H2. The second-order valence-corrected chi connectivity index (χ2v) is 11.7. The van der Waals surface area contributed by atoms with Crippen molar-refractivity contribution in [3.8, 4) is 33.9 Å². The van der Waals surface area contributed by atoms with Crippen LogP contribution in [0, 0.1) is 0 Å². The Morgan fingerprint density at radius 1 is 0.830 bits per heavy atom. The Balaban J connectivity index is 0.957. The Morgan fingerprint density at radius 3 is 2.32 bits per heavy atom. The molecule has 2 aliphatic rings. The number of anilines is 1. The fourth-order valence-corrected chi connectivity index (χ4v) is 6.08. The van der Waals surface area contributed by atoms with Gasteiger partial charge in [0.2, 0.25) is 23.8 Å². The van der Waals surface area contributed by atoms with Gasteiger partial charge in [0.15, 0.2) is 23.9 Å².